The molecular formula is C11H17NO4S2. The molecule has 2 heterocycles. The van der Waals surface area contributed by atoms with E-state index in [9.17, 15) is 8.42 Å². The third-order valence-electron chi connectivity index (χ3n) is 3.17. The number of sulfonamides is 1. The first-order valence-electron chi connectivity index (χ1n) is 5.79. The first kappa shape index (κ1) is 14.0. The minimum absolute atomic E-state index is 0.00114. The van der Waals surface area contributed by atoms with E-state index in [1.54, 1.807) is 12.4 Å². The molecular weight excluding hydrogens is 274 g/mol. The number of aliphatic hydroxyl groups is 1. The first-order chi connectivity index (χ1) is 8.55. The summed E-state index contributed by atoms with van der Waals surface area (Å²) in [5.41, 5.74) is 0. The first-order valence-corrected chi connectivity index (χ1v) is 8.11. The van der Waals surface area contributed by atoms with Crippen LogP contribution in [0.25, 0.3) is 0 Å². The van der Waals surface area contributed by atoms with Crippen molar-refractivity contribution in [2.75, 3.05) is 20.3 Å². The number of hydrogen-bond donors (Lipinski definition) is 1. The third kappa shape index (κ3) is 2.75. The van der Waals surface area contributed by atoms with Gasteiger partial charge in [-0.2, -0.15) is 4.31 Å². The zero-order chi connectivity index (χ0) is 13.2. The minimum atomic E-state index is -3.45. The summed E-state index contributed by atoms with van der Waals surface area (Å²) in [4.78, 5) is 0.930. The second kappa shape index (κ2) is 5.66. The summed E-state index contributed by atoms with van der Waals surface area (Å²) < 4.78 is 31.4. The van der Waals surface area contributed by atoms with Crippen LogP contribution >= 0.6 is 11.3 Å². The number of nitrogens with zero attached hydrogens (tertiary/aromatic N) is 1. The Morgan fingerprint density at radius 1 is 1.50 bits per heavy atom. The molecule has 2 rings (SSSR count). The molecule has 0 atom stereocenters. The van der Waals surface area contributed by atoms with Gasteiger partial charge in [0.05, 0.1) is 11.5 Å². The van der Waals surface area contributed by atoms with E-state index in [0.29, 0.717) is 18.1 Å². The predicted molar refractivity (Wildman–Crippen MR) is 69.0 cm³/mol. The van der Waals surface area contributed by atoms with E-state index < -0.39 is 10.0 Å². The normalized spacial score (nSPS) is 18.4. The molecule has 1 fully saturated rings. The van der Waals surface area contributed by atoms with Crippen LogP contribution in [-0.2, 0) is 21.4 Å². The lowest BCUT2D eigenvalue weighted by molar-refractivity contribution is 0.0632. The van der Waals surface area contributed by atoms with Gasteiger partial charge in [0.1, 0.15) is 0 Å². The molecule has 5 nitrogen and oxygen atoms in total. The van der Waals surface area contributed by atoms with E-state index in [2.05, 4.69) is 0 Å². The molecule has 0 spiro atoms. The van der Waals surface area contributed by atoms with Crippen LogP contribution in [0.4, 0.5) is 0 Å². The molecule has 0 saturated carbocycles. The van der Waals surface area contributed by atoms with Gasteiger partial charge in [-0.3, -0.25) is 0 Å². The van der Waals surface area contributed by atoms with Crippen molar-refractivity contribution in [3.8, 4) is 0 Å². The van der Waals surface area contributed by atoms with Crippen LogP contribution in [0.1, 0.15) is 17.7 Å². The summed E-state index contributed by atoms with van der Waals surface area (Å²) in [5, 5.41) is 10.6. The van der Waals surface area contributed by atoms with Gasteiger partial charge in [-0.15, -0.1) is 11.3 Å². The fourth-order valence-corrected chi connectivity index (χ4v) is 4.53. The maximum absolute atomic E-state index is 12.4. The van der Waals surface area contributed by atoms with Crippen LogP contribution in [0.2, 0.25) is 0 Å². The predicted octanol–water partition coefficient (Wildman–Crippen LogP) is 1.04. The molecule has 1 saturated heterocycles. The molecule has 0 aromatic carbocycles. The Morgan fingerprint density at radius 3 is 2.72 bits per heavy atom. The Bertz CT molecular complexity index is 491. The van der Waals surface area contributed by atoms with Crippen molar-refractivity contribution < 1.29 is 18.3 Å². The average Bonchev–Trinajstić information content (AvgIpc) is 2.88. The Morgan fingerprint density at radius 2 is 2.17 bits per heavy atom. The molecule has 7 heteroatoms. The van der Waals surface area contributed by atoms with Gasteiger partial charge in [0.2, 0.25) is 10.0 Å². The quantitative estimate of drug-likeness (QED) is 0.900. The maximum Gasteiger partial charge on any atom is 0.243 e. The van der Waals surface area contributed by atoms with E-state index in [-0.39, 0.29) is 17.5 Å². The van der Waals surface area contributed by atoms with Crippen molar-refractivity contribution in [2.24, 2.45) is 0 Å². The zero-order valence-corrected chi connectivity index (χ0v) is 11.8. The highest BCUT2D eigenvalue weighted by Crippen LogP contribution is 2.25. The molecule has 1 aromatic rings. The highest BCUT2D eigenvalue weighted by molar-refractivity contribution is 7.89. The van der Waals surface area contributed by atoms with Crippen molar-refractivity contribution >= 4 is 21.4 Å². The molecule has 1 N–H and O–H groups in total. The molecule has 18 heavy (non-hydrogen) atoms. The highest BCUT2D eigenvalue weighted by atomic mass is 32.2. The molecule has 0 bridgehead atoms. The molecule has 1 aliphatic heterocycles. The SMILES string of the molecule is CN(C1CCOCC1)S(=O)(=O)c1csc(CO)c1. The van der Waals surface area contributed by atoms with E-state index in [1.807, 2.05) is 0 Å². The fraction of sp³-hybridized carbons (Fsp3) is 0.636. The minimum Gasteiger partial charge on any atom is -0.391 e. The van der Waals surface area contributed by atoms with Crippen LogP contribution in [0, 0.1) is 0 Å². The topological polar surface area (TPSA) is 66.8 Å². The summed E-state index contributed by atoms with van der Waals surface area (Å²) in [7, 11) is -1.84. The number of ether oxygens (including phenoxy) is 1. The largest absolute Gasteiger partial charge is 0.391 e. The molecule has 1 aliphatic rings. The lowest BCUT2D eigenvalue weighted by Crippen LogP contribution is -2.40. The van der Waals surface area contributed by atoms with Gasteiger partial charge in [0.15, 0.2) is 0 Å². The lowest BCUT2D eigenvalue weighted by Gasteiger charge is -2.30. The second-order valence-electron chi connectivity index (χ2n) is 4.27. The van der Waals surface area contributed by atoms with E-state index >= 15 is 0 Å². The van der Waals surface area contributed by atoms with Gasteiger partial charge in [-0.05, 0) is 18.9 Å². The summed E-state index contributed by atoms with van der Waals surface area (Å²) in [6.07, 6.45) is 1.46. The van der Waals surface area contributed by atoms with Crippen molar-refractivity contribution in [1.29, 1.82) is 0 Å². The maximum atomic E-state index is 12.4. The van der Waals surface area contributed by atoms with Crippen LogP contribution in [0.3, 0.4) is 0 Å². The smallest absolute Gasteiger partial charge is 0.243 e. The van der Waals surface area contributed by atoms with Crippen molar-refractivity contribution in [3.05, 3.63) is 16.3 Å². The molecule has 0 aliphatic carbocycles. The third-order valence-corrected chi connectivity index (χ3v) is 6.13. The standard InChI is InChI=1S/C11H17NO4S2/c1-12(9-2-4-16-5-3-9)18(14,15)11-6-10(7-13)17-8-11/h6,8-9,13H,2-5,7H2,1H3. The van der Waals surface area contributed by atoms with Crippen LogP contribution in [0.5, 0.6) is 0 Å². The van der Waals surface area contributed by atoms with Crippen LogP contribution in [-0.4, -0.2) is 44.1 Å². The fourth-order valence-electron chi connectivity index (χ4n) is 1.99. The molecule has 0 amide bonds. The molecule has 102 valence electrons. The van der Waals surface area contributed by atoms with Crippen molar-refractivity contribution in [1.82, 2.24) is 4.31 Å². The Kier molecular flexibility index (Phi) is 4.39. The molecule has 0 radical (unpaired) electrons. The van der Waals surface area contributed by atoms with E-state index in [1.165, 1.54) is 21.7 Å². The van der Waals surface area contributed by atoms with Gasteiger partial charge >= 0.3 is 0 Å². The Balaban J connectivity index is 2.18. The summed E-state index contributed by atoms with van der Waals surface area (Å²) in [6.45, 7) is 1.09. The summed E-state index contributed by atoms with van der Waals surface area (Å²) >= 11 is 1.26. The van der Waals surface area contributed by atoms with Crippen molar-refractivity contribution in [2.45, 2.75) is 30.4 Å². The van der Waals surface area contributed by atoms with E-state index in [0.717, 1.165) is 12.8 Å². The average molecular weight is 291 g/mol. The van der Waals surface area contributed by atoms with Crippen LogP contribution < -0.4 is 0 Å². The van der Waals surface area contributed by atoms with E-state index in [4.69, 9.17) is 9.84 Å². The number of thiophene rings is 1. The number of aliphatic hydroxyl groups excluding tert-OH is 1. The zero-order valence-electron chi connectivity index (χ0n) is 10.2. The summed E-state index contributed by atoms with van der Waals surface area (Å²) in [5.74, 6) is 0. The highest BCUT2D eigenvalue weighted by Gasteiger charge is 2.29. The van der Waals surface area contributed by atoms with Gasteiger partial charge in [-0.1, -0.05) is 0 Å². The Hall–Kier alpha value is -0.470. The monoisotopic (exact) mass is 291 g/mol. The number of rotatable bonds is 4. The van der Waals surface area contributed by atoms with Crippen molar-refractivity contribution in [3.63, 3.8) is 0 Å². The lowest BCUT2D eigenvalue weighted by atomic mass is 10.1. The van der Waals surface area contributed by atoms with Gasteiger partial charge in [0.25, 0.3) is 0 Å². The molecule has 1 aromatic heterocycles. The van der Waals surface area contributed by atoms with Gasteiger partial charge in [-0.25, -0.2) is 8.42 Å². The molecule has 0 unspecified atom stereocenters. The number of hydrogen-bond acceptors (Lipinski definition) is 5. The van der Waals surface area contributed by atoms with Gasteiger partial charge in [0, 0.05) is 36.6 Å². The van der Waals surface area contributed by atoms with Crippen LogP contribution in [0.15, 0.2) is 16.3 Å². The Labute approximate surface area is 111 Å². The second-order valence-corrected chi connectivity index (χ2v) is 7.26. The van der Waals surface area contributed by atoms with Gasteiger partial charge < -0.3 is 9.84 Å². The summed E-state index contributed by atoms with van der Waals surface area (Å²) in [6, 6.07) is 1.54.